The van der Waals surface area contributed by atoms with Crippen LogP contribution in [0.15, 0.2) is 24.3 Å². The minimum atomic E-state index is -2.57. The zero-order valence-electron chi connectivity index (χ0n) is 20.9. The standard InChI is InChI=1S/C27H35F2N5O2/c1-32(21-6-8-27(28,29)9-7-21)22-14-23-25(36)31-26(15-24(35)34(23)18-22)10-12-33(13-11-26)17-20-4-2-19(16-30)3-5-20/h2-5,21-23H,6-15,17-18H2,1H3,(H,31,36)/t22-,23-/m0/s1. The zero-order chi connectivity index (χ0) is 25.5. The number of nitrogens with zero attached hydrogens (tertiary/aromatic N) is 4. The number of alkyl halides is 2. The van der Waals surface area contributed by atoms with Gasteiger partial charge in [-0.2, -0.15) is 5.26 Å². The number of nitriles is 1. The molecule has 0 aromatic heterocycles. The fourth-order valence-electron chi connectivity index (χ4n) is 6.53. The van der Waals surface area contributed by atoms with Crippen LogP contribution < -0.4 is 5.32 Å². The third kappa shape index (κ3) is 5.12. The second-order valence-corrected chi connectivity index (χ2v) is 11.2. The first kappa shape index (κ1) is 25.1. The Kier molecular flexibility index (Phi) is 6.77. The molecule has 1 spiro atoms. The zero-order valence-corrected chi connectivity index (χ0v) is 20.9. The lowest BCUT2D eigenvalue weighted by molar-refractivity contribution is -0.135. The van der Waals surface area contributed by atoms with Gasteiger partial charge in [0.15, 0.2) is 0 Å². The highest BCUT2D eigenvalue weighted by Gasteiger charge is 2.50. The third-order valence-electron chi connectivity index (χ3n) is 8.92. The predicted molar refractivity (Wildman–Crippen MR) is 130 cm³/mol. The van der Waals surface area contributed by atoms with Crippen molar-refractivity contribution in [3.8, 4) is 6.07 Å². The summed E-state index contributed by atoms with van der Waals surface area (Å²) in [4.78, 5) is 32.9. The number of likely N-dealkylation sites (N-methyl/N-ethyl adjacent to an activating group) is 1. The van der Waals surface area contributed by atoms with E-state index in [1.807, 2.05) is 31.3 Å². The smallest absolute Gasteiger partial charge is 0.248 e. The van der Waals surface area contributed by atoms with Crippen LogP contribution in [0.2, 0.25) is 0 Å². The normalized spacial score (nSPS) is 28.6. The van der Waals surface area contributed by atoms with Crippen LogP contribution in [0.1, 0.15) is 62.5 Å². The van der Waals surface area contributed by atoms with E-state index in [-0.39, 0.29) is 36.7 Å². The van der Waals surface area contributed by atoms with Crippen molar-refractivity contribution in [1.82, 2.24) is 20.0 Å². The van der Waals surface area contributed by atoms with Gasteiger partial charge in [0.1, 0.15) is 6.04 Å². The van der Waals surface area contributed by atoms with E-state index in [2.05, 4.69) is 21.2 Å². The number of fused-ring (bicyclic) bond motifs is 1. The molecule has 1 aromatic carbocycles. The highest BCUT2D eigenvalue weighted by atomic mass is 19.3. The molecule has 1 saturated carbocycles. The van der Waals surface area contributed by atoms with Gasteiger partial charge >= 0.3 is 0 Å². The molecule has 2 amide bonds. The third-order valence-corrected chi connectivity index (χ3v) is 8.92. The van der Waals surface area contributed by atoms with Crippen molar-refractivity contribution in [3.05, 3.63) is 35.4 Å². The molecule has 0 radical (unpaired) electrons. The predicted octanol–water partition coefficient (Wildman–Crippen LogP) is 2.89. The Morgan fingerprint density at radius 1 is 1.08 bits per heavy atom. The number of carbonyl (C=O) groups excluding carboxylic acids is 2. The van der Waals surface area contributed by atoms with Gasteiger partial charge < -0.3 is 10.2 Å². The van der Waals surface area contributed by atoms with Gasteiger partial charge in [-0.05, 0) is 56.8 Å². The second-order valence-electron chi connectivity index (χ2n) is 11.2. The molecule has 5 rings (SSSR count). The monoisotopic (exact) mass is 499 g/mol. The van der Waals surface area contributed by atoms with Crippen molar-refractivity contribution in [3.63, 3.8) is 0 Å². The highest BCUT2D eigenvalue weighted by molar-refractivity contribution is 5.92. The number of piperidine rings is 1. The lowest BCUT2D eigenvalue weighted by Crippen LogP contribution is -2.56. The first-order chi connectivity index (χ1) is 17.2. The van der Waals surface area contributed by atoms with E-state index in [1.54, 1.807) is 4.90 Å². The molecule has 0 bridgehead atoms. The summed E-state index contributed by atoms with van der Waals surface area (Å²) in [6.45, 7) is 2.84. The molecule has 194 valence electrons. The number of hydrogen-bond acceptors (Lipinski definition) is 5. The molecule has 3 saturated heterocycles. The molecule has 1 aliphatic carbocycles. The Morgan fingerprint density at radius 2 is 1.75 bits per heavy atom. The van der Waals surface area contributed by atoms with Crippen molar-refractivity contribution in [2.45, 2.75) is 87.5 Å². The molecule has 36 heavy (non-hydrogen) atoms. The number of rotatable bonds is 4. The number of amides is 2. The topological polar surface area (TPSA) is 79.7 Å². The Bertz CT molecular complexity index is 994. The summed E-state index contributed by atoms with van der Waals surface area (Å²) in [6, 6.07) is 9.34. The number of carbonyl (C=O) groups is 2. The Hall–Kier alpha value is -2.57. The van der Waals surface area contributed by atoms with Gasteiger partial charge in [0.05, 0.1) is 23.6 Å². The lowest BCUT2D eigenvalue weighted by atomic mass is 9.83. The van der Waals surface area contributed by atoms with Gasteiger partial charge in [-0.15, -0.1) is 0 Å². The van der Waals surface area contributed by atoms with Crippen LogP contribution in [0.3, 0.4) is 0 Å². The summed E-state index contributed by atoms with van der Waals surface area (Å²) in [5, 5.41) is 12.2. The minimum Gasteiger partial charge on any atom is -0.348 e. The van der Waals surface area contributed by atoms with Crippen LogP contribution in [0.5, 0.6) is 0 Å². The molecule has 0 unspecified atom stereocenters. The molecule has 7 nitrogen and oxygen atoms in total. The Balaban J connectivity index is 1.18. The van der Waals surface area contributed by atoms with Crippen LogP contribution in [-0.2, 0) is 16.1 Å². The first-order valence-corrected chi connectivity index (χ1v) is 13.1. The summed E-state index contributed by atoms with van der Waals surface area (Å²) < 4.78 is 27.2. The summed E-state index contributed by atoms with van der Waals surface area (Å²) >= 11 is 0. The Morgan fingerprint density at radius 3 is 2.39 bits per heavy atom. The maximum atomic E-state index is 13.6. The van der Waals surface area contributed by atoms with Crippen molar-refractivity contribution >= 4 is 11.8 Å². The molecule has 3 aliphatic heterocycles. The van der Waals surface area contributed by atoms with E-state index in [9.17, 15) is 18.4 Å². The van der Waals surface area contributed by atoms with Crippen molar-refractivity contribution in [1.29, 1.82) is 5.26 Å². The van der Waals surface area contributed by atoms with Crippen LogP contribution in [0.4, 0.5) is 8.78 Å². The largest absolute Gasteiger partial charge is 0.348 e. The van der Waals surface area contributed by atoms with Gasteiger partial charge in [-0.3, -0.25) is 19.4 Å². The van der Waals surface area contributed by atoms with E-state index < -0.39 is 17.5 Å². The second kappa shape index (κ2) is 9.71. The average Bonchev–Trinajstić information content (AvgIpc) is 3.28. The first-order valence-electron chi connectivity index (χ1n) is 13.1. The summed E-state index contributed by atoms with van der Waals surface area (Å²) in [5.74, 6) is -2.62. The molecule has 1 N–H and O–H groups in total. The van der Waals surface area contributed by atoms with E-state index >= 15 is 0 Å². The molecule has 4 aliphatic rings. The number of likely N-dealkylation sites (tertiary alicyclic amines) is 1. The van der Waals surface area contributed by atoms with Gasteiger partial charge in [0, 0.05) is 51.1 Å². The SMILES string of the molecule is CN(C1CCC(F)(F)CC1)[C@H]1C[C@H]2C(=O)NC3(CCN(Cc4ccc(C#N)cc4)CC3)CC(=O)N2C1. The molecular formula is C27H35F2N5O2. The van der Waals surface area contributed by atoms with Crippen molar-refractivity contribution in [2.75, 3.05) is 26.7 Å². The fraction of sp³-hybridized carbons (Fsp3) is 0.667. The highest BCUT2D eigenvalue weighted by Crippen LogP contribution is 2.38. The van der Waals surface area contributed by atoms with Crippen LogP contribution >= 0.6 is 0 Å². The van der Waals surface area contributed by atoms with Gasteiger partial charge in [0.2, 0.25) is 17.7 Å². The van der Waals surface area contributed by atoms with E-state index in [4.69, 9.17) is 5.26 Å². The molecule has 3 heterocycles. The van der Waals surface area contributed by atoms with Crippen LogP contribution in [-0.4, -0.2) is 82.8 Å². The van der Waals surface area contributed by atoms with Gasteiger partial charge in [0.25, 0.3) is 0 Å². The van der Waals surface area contributed by atoms with Crippen molar-refractivity contribution in [2.24, 2.45) is 0 Å². The maximum absolute atomic E-state index is 13.6. The molecule has 1 aromatic rings. The van der Waals surface area contributed by atoms with E-state index in [0.717, 1.165) is 38.0 Å². The molecular weight excluding hydrogens is 464 g/mol. The van der Waals surface area contributed by atoms with Gasteiger partial charge in [-0.25, -0.2) is 8.78 Å². The molecule has 4 fully saturated rings. The summed E-state index contributed by atoms with van der Waals surface area (Å²) in [5.41, 5.74) is 1.28. The average molecular weight is 500 g/mol. The number of hydrogen-bond donors (Lipinski definition) is 1. The van der Waals surface area contributed by atoms with Crippen molar-refractivity contribution < 1.29 is 18.4 Å². The van der Waals surface area contributed by atoms with Crippen LogP contribution in [0.25, 0.3) is 0 Å². The number of halogens is 2. The molecule has 2 atom stereocenters. The molecule has 9 heteroatoms. The van der Waals surface area contributed by atoms with Gasteiger partial charge in [-0.1, -0.05) is 12.1 Å². The fourth-order valence-corrected chi connectivity index (χ4v) is 6.53. The number of nitrogens with one attached hydrogen (secondary N) is 1. The van der Waals surface area contributed by atoms with E-state index in [0.29, 0.717) is 37.8 Å². The summed E-state index contributed by atoms with van der Waals surface area (Å²) in [7, 11) is 1.96. The summed E-state index contributed by atoms with van der Waals surface area (Å²) in [6.07, 6.45) is 3.04. The maximum Gasteiger partial charge on any atom is 0.248 e. The van der Waals surface area contributed by atoms with E-state index in [1.165, 1.54) is 0 Å². The lowest BCUT2D eigenvalue weighted by Gasteiger charge is -2.41. The number of benzene rings is 1. The van der Waals surface area contributed by atoms with Crippen LogP contribution in [0, 0.1) is 11.3 Å². The quantitative estimate of drug-likeness (QED) is 0.689. The Labute approximate surface area is 211 Å². The minimum absolute atomic E-state index is 0.0183.